The van der Waals surface area contributed by atoms with E-state index in [9.17, 15) is 0 Å². The van der Waals surface area contributed by atoms with E-state index in [2.05, 4.69) is 0 Å². The molecular formula is C12H20O. The summed E-state index contributed by atoms with van der Waals surface area (Å²) in [6, 6.07) is 0. The van der Waals surface area contributed by atoms with E-state index >= 15 is 0 Å². The SMILES string of the molecule is OCCCCCCC1CC1=C1CC1. The van der Waals surface area contributed by atoms with Gasteiger partial charge < -0.3 is 5.11 Å². The highest BCUT2D eigenvalue weighted by atomic mass is 16.2. The fourth-order valence-corrected chi connectivity index (χ4v) is 2.16. The lowest BCUT2D eigenvalue weighted by molar-refractivity contribution is 0.282. The minimum absolute atomic E-state index is 0.374. The van der Waals surface area contributed by atoms with Crippen LogP contribution in [0.25, 0.3) is 0 Å². The maximum absolute atomic E-state index is 8.60. The van der Waals surface area contributed by atoms with Crippen LogP contribution in [0, 0.1) is 5.92 Å². The maximum Gasteiger partial charge on any atom is 0.0431 e. The molecule has 0 aromatic rings. The number of allylic oxidation sites excluding steroid dienone is 2. The van der Waals surface area contributed by atoms with Gasteiger partial charge in [0.2, 0.25) is 0 Å². The van der Waals surface area contributed by atoms with Crippen LogP contribution in [-0.4, -0.2) is 11.7 Å². The molecule has 0 aromatic carbocycles. The highest BCUT2D eigenvalue weighted by molar-refractivity contribution is 5.36. The minimum atomic E-state index is 0.374. The second-order valence-corrected chi connectivity index (χ2v) is 4.46. The van der Waals surface area contributed by atoms with Gasteiger partial charge in [0.1, 0.15) is 0 Å². The Balaban J connectivity index is 1.48. The van der Waals surface area contributed by atoms with Crippen molar-refractivity contribution >= 4 is 0 Å². The monoisotopic (exact) mass is 180 g/mol. The van der Waals surface area contributed by atoms with Crippen LogP contribution in [0.5, 0.6) is 0 Å². The second kappa shape index (κ2) is 4.28. The zero-order chi connectivity index (χ0) is 9.10. The molecule has 0 radical (unpaired) electrons. The molecule has 2 fully saturated rings. The van der Waals surface area contributed by atoms with Gasteiger partial charge in [0.05, 0.1) is 0 Å². The van der Waals surface area contributed by atoms with Gasteiger partial charge in [-0.1, -0.05) is 30.4 Å². The van der Waals surface area contributed by atoms with Crippen molar-refractivity contribution in [1.82, 2.24) is 0 Å². The third-order valence-electron chi connectivity index (χ3n) is 3.21. The fourth-order valence-electron chi connectivity index (χ4n) is 2.16. The summed E-state index contributed by atoms with van der Waals surface area (Å²) in [4.78, 5) is 0. The number of unbranched alkanes of at least 4 members (excludes halogenated alkanes) is 3. The summed E-state index contributed by atoms with van der Waals surface area (Å²) in [5.41, 5.74) is 3.61. The average Bonchev–Trinajstić information content (AvgIpc) is 2.98. The highest BCUT2D eigenvalue weighted by Gasteiger charge is 2.34. The molecule has 0 heterocycles. The fraction of sp³-hybridized carbons (Fsp3) is 0.833. The zero-order valence-electron chi connectivity index (χ0n) is 8.39. The number of rotatable bonds is 6. The van der Waals surface area contributed by atoms with Crippen LogP contribution in [0.3, 0.4) is 0 Å². The molecule has 2 saturated carbocycles. The Labute approximate surface area is 80.8 Å². The largest absolute Gasteiger partial charge is 0.396 e. The van der Waals surface area contributed by atoms with Crippen LogP contribution in [0.15, 0.2) is 11.1 Å². The van der Waals surface area contributed by atoms with Crippen molar-refractivity contribution in [1.29, 1.82) is 0 Å². The number of hydrogen-bond donors (Lipinski definition) is 1. The average molecular weight is 180 g/mol. The summed E-state index contributed by atoms with van der Waals surface area (Å²) in [5, 5.41) is 8.60. The molecule has 0 spiro atoms. The molecule has 2 aliphatic rings. The molecule has 74 valence electrons. The summed E-state index contributed by atoms with van der Waals surface area (Å²) in [6.45, 7) is 0.374. The van der Waals surface area contributed by atoms with E-state index in [1.165, 1.54) is 44.9 Å². The van der Waals surface area contributed by atoms with Crippen LogP contribution >= 0.6 is 0 Å². The van der Waals surface area contributed by atoms with Crippen molar-refractivity contribution in [3.63, 3.8) is 0 Å². The molecule has 0 bridgehead atoms. The molecule has 1 unspecified atom stereocenters. The predicted octanol–water partition coefficient (Wildman–Crippen LogP) is 3.04. The van der Waals surface area contributed by atoms with Gasteiger partial charge in [-0.15, -0.1) is 0 Å². The van der Waals surface area contributed by atoms with Gasteiger partial charge in [0.25, 0.3) is 0 Å². The van der Waals surface area contributed by atoms with Crippen LogP contribution in [0.4, 0.5) is 0 Å². The van der Waals surface area contributed by atoms with Gasteiger partial charge in [-0.2, -0.15) is 0 Å². The van der Waals surface area contributed by atoms with E-state index in [0.717, 1.165) is 12.3 Å². The molecule has 1 N–H and O–H groups in total. The maximum atomic E-state index is 8.60. The van der Waals surface area contributed by atoms with Gasteiger partial charge in [-0.3, -0.25) is 0 Å². The Bertz CT molecular complexity index is 199. The van der Waals surface area contributed by atoms with Crippen molar-refractivity contribution in [2.75, 3.05) is 6.61 Å². The van der Waals surface area contributed by atoms with Crippen molar-refractivity contribution in [2.45, 2.75) is 51.4 Å². The molecule has 0 amide bonds. The highest BCUT2D eigenvalue weighted by Crippen LogP contribution is 2.50. The van der Waals surface area contributed by atoms with E-state index in [1.807, 2.05) is 5.57 Å². The van der Waals surface area contributed by atoms with Crippen LogP contribution < -0.4 is 0 Å². The zero-order valence-corrected chi connectivity index (χ0v) is 8.39. The lowest BCUT2D eigenvalue weighted by Gasteiger charge is -1.97. The standard InChI is InChI=1S/C12H20O/c13-8-4-2-1-3-5-11-9-12(11)10-6-7-10/h11,13H,1-9H2. The van der Waals surface area contributed by atoms with Crippen LogP contribution in [0.1, 0.15) is 51.4 Å². The first-order valence-corrected chi connectivity index (χ1v) is 5.73. The number of hydrogen-bond acceptors (Lipinski definition) is 1. The second-order valence-electron chi connectivity index (χ2n) is 4.46. The Hall–Kier alpha value is -0.300. The van der Waals surface area contributed by atoms with Crippen molar-refractivity contribution in [3.8, 4) is 0 Å². The molecule has 2 rings (SSSR count). The lowest BCUT2D eigenvalue weighted by Crippen LogP contribution is -1.84. The van der Waals surface area contributed by atoms with E-state index in [0.29, 0.717) is 6.61 Å². The summed E-state index contributed by atoms with van der Waals surface area (Å²) in [6.07, 6.45) is 10.6. The lowest BCUT2D eigenvalue weighted by atomic mass is 10.1. The van der Waals surface area contributed by atoms with E-state index < -0.39 is 0 Å². The Kier molecular flexibility index (Phi) is 3.05. The summed E-state index contributed by atoms with van der Waals surface area (Å²) < 4.78 is 0. The molecule has 13 heavy (non-hydrogen) atoms. The van der Waals surface area contributed by atoms with Gasteiger partial charge >= 0.3 is 0 Å². The Morgan fingerprint density at radius 2 is 1.85 bits per heavy atom. The molecule has 0 aromatic heterocycles. The topological polar surface area (TPSA) is 20.2 Å². The molecule has 2 aliphatic carbocycles. The van der Waals surface area contributed by atoms with Crippen molar-refractivity contribution < 1.29 is 5.11 Å². The van der Waals surface area contributed by atoms with Gasteiger partial charge in [0, 0.05) is 6.61 Å². The van der Waals surface area contributed by atoms with Crippen molar-refractivity contribution in [2.24, 2.45) is 5.92 Å². The van der Waals surface area contributed by atoms with E-state index in [-0.39, 0.29) is 0 Å². The Morgan fingerprint density at radius 1 is 1.08 bits per heavy atom. The van der Waals surface area contributed by atoms with Gasteiger partial charge in [-0.25, -0.2) is 0 Å². The normalized spacial score (nSPS) is 25.2. The molecule has 1 nitrogen and oxygen atoms in total. The third kappa shape index (κ3) is 2.84. The number of aliphatic hydroxyl groups is 1. The van der Waals surface area contributed by atoms with Crippen molar-refractivity contribution in [3.05, 3.63) is 11.1 Å². The van der Waals surface area contributed by atoms with Crippen LogP contribution in [-0.2, 0) is 0 Å². The first kappa shape index (κ1) is 9.26. The molecule has 1 heteroatoms. The smallest absolute Gasteiger partial charge is 0.0431 e. The number of aliphatic hydroxyl groups excluding tert-OH is 1. The first-order chi connectivity index (χ1) is 6.42. The Morgan fingerprint density at radius 3 is 2.54 bits per heavy atom. The molecule has 0 saturated heterocycles. The third-order valence-corrected chi connectivity index (χ3v) is 3.21. The van der Waals surface area contributed by atoms with Crippen LogP contribution in [0.2, 0.25) is 0 Å². The predicted molar refractivity (Wildman–Crippen MR) is 54.5 cm³/mol. The minimum Gasteiger partial charge on any atom is -0.396 e. The molecule has 0 aliphatic heterocycles. The van der Waals surface area contributed by atoms with E-state index in [4.69, 9.17) is 5.11 Å². The summed E-state index contributed by atoms with van der Waals surface area (Å²) >= 11 is 0. The summed E-state index contributed by atoms with van der Waals surface area (Å²) in [7, 11) is 0. The molecule has 1 atom stereocenters. The first-order valence-electron chi connectivity index (χ1n) is 5.73. The van der Waals surface area contributed by atoms with Gasteiger partial charge in [-0.05, 0) is 38.0 Å². The van der Waals surface area contributed by atoms with E-state index in [1.54, 1.807) is 5.57 Å². The quantitative estimate of drug-likeness (QED) is 0.492. The van der Waals surface area contributed by atoms with Gasteiger partial charge in [0.15, 0.2) is 0 Å². The molecular weight excluding hydrogens is 160 g/mol. The summed E-state index contributed by atoms with van der Waals surface area (Å²) in [5.74, 6) is 0.992.